The maximum Gasteiger partial charge on any atom is 0.0283 e. The van der Waals surface area contributed by atoms with Gasteiger partial charge in [0.25, 0.3) is 0 Å². The maximum absolute atomic E-state index is 4.22. The molecular weight excluding hydrogens is 160 g/mol. The van der Waals surface area contributed by atoms with Crippen molar-refractivity contribution in [2.75, 3.05) is 0 Å². The molecule has 1 saturated carbocycles. The molecule has 1 heterocycles. The number of hydrogen-bond donors (Lipinski definition) is 1. The van der Waals surface area contributed by atoms with Crippen LogP contribution in [0.25, 0.3) is 0 Å². The van der Waals surface area contributed by atoms with Crippen LogP contribution < -0.4 is 5.43 Å². The lowest BCUT2D eigenvalue weighted by Gasteiger charge is -2.01. The van der Waals surface area contributed by atoms with Gasteiger partial charge in [0.15, 0.2) is 0 Å². The van der Waals surface area contributed by atoms with Crippen molar-refractivity contribution in [3.63, 3.8) is 0 Å². The summed E-state index contributed by atoms with van der Waals surface area (Å²) in [4.78, 5) is 0. The third-order valence-electron chi connectivity index (χ3n) is 3.20. The Bertz CT molecular complexity index is 242. The SMILES string of the molecule is CCCC1C2/C=N/N/C(C)=C/CC21. The predicted molar refractivity (Wildman–Crippen MR) is 55.4 cm³/mol. The van der Waals surface area contributed by atoms with E-state index >= 15 is 0 Å². The van der Waals surface area contributed by atoms with Crippen molar-refractivity contribution in [2.45, 2.75) is 33.1 Å². The molecule has 2 rings (SSSR count). The van der Waals surface area contributed by atoms with Crippen LogP contribution in [0.15, 0.2) is 16.9 Å². The largest absolute Gasteiger partial charge is 0.284 e. The third-order valence-corrected chi connectivity index (χ3v) is 3.20. The van der Waals surface area contributed by atoms with E-state index in [1.165, 1.54) is 25.0 Å². The van der Waals surface area contributed by atoms with Gasteiger partial charge in [-0.25, -0.2) is 0 Å². The van der Waals surface area contributed by atoms with Crippen molar-refractivity contribution in [1.82, 2.24) is 5.43 Å². The normalized spacial score (nSPS) is 43.2. The zero-order chi connectivity index (χ0) is 9.26. The summed E-state index contributed by atoms with van der Waals surface area (Å²) >= 11 is 0. The van der Waals surface area contributed by atoms with Crippen molar-refractivity contribution in [2.24, 2.45) is 22.9 Å². The van der Waals surface area contributed by atoms with Gasteiger partial charge in [-0.15, -0.1) is 0 Å². The van der Waals surface area contributed by atoms with E-state index in [0.717, 1.165) is 17.8 Å². The second-order valence-corrected chi connectivity index (χ2v) is 4.21. The Morgan fingerprint density at radius 2 is 2.46 bits per heavy atom. The number of nitrogens with one attached hydrogen (secondary N) is 1. The fourth-order valence-corrected chi connectivity index (χ4v) is 2.35. The second kappa shape index (κ2) is 3.52. The average Bonchev–Trinajstić information content (AvgIpc) is 2.71. The van der Waals surface area contributed by atoms with Gasteiger partial charge in [0.2, 0.25) is 0 Å². The van der Waals surface area contributed by atoms with Crippen LogP contribution in [-0.2, 0) is 0 Å². The summed E-state index contributed by atoms with van der Waals surface area (Å²) in [5.74, 6) is 2.57. The van der Waals surface area contributed by atoms with E-state index in [1.54, 1.807) is 0 Å². The van der Waals surface area contributed by atoms with Crippen LogP contribution in [-0.4, -0.2) is 6.21 Å². The molecule has 72 valence electrons. The van der Waals surface area contributed by atoms with E-state index < -0.39 is 0 Å². The van der Waals surface area contributed by atoms with Crippen molar-refractivity contribution >= 4 is 6.21 Å². The monoisotopic (exact) mass is 178 g/mol. The van der Waals surface area contributed by atoms with E-state index in [1.807, 2.05) is 0 Å². The third kappa shape index (κ3) is 1.77. The molecular formula is C11H18N2. The van der Waals surface area contributed by atoms with Gasteiger partial charge in [0.05, 0.1) is 0 Å². The molecule has 2 nitrogen and oxygen atoms in total. The van der Waals surface area contributed by atoms with Crippen molar-refractivity contribution in [3.8, 4) is 0 Å². The van der Waals surface area contributed by atoms with Gasteiger partial charge in [-0.3, -0.25) is 5.43 Å². The van der Waals surface area contributed by atoms with E-state index in [9.17, 15) is 0 Å². The van der Waals surface area contributed by atoms with E-state index in [2.05, 4.69) is 36.7 Å². The molecule has 0 amide bonds. The summed E-state index contributed by atoms with van der Waals surface area (Å²) in [7, 11) is 0. The van der Waals surface area contributed by atoms with Crippen LogP contribution in [0.5, 0.6) is 0 Å². The van der Waals surface area contributed by atoms with Gasteiger partial charge in [0.1, 0.15) is 0 Å². The van der Waals surface area contributed by atoms with Crippen LogP contribution in [0.2, 0.25) is 0 Å². The molecule has 0 radical (unpaired) electrons. The first-order valence-corrected chi connectivity index (χ1v) is 5.29. The topological polar surface area (TPSA) is 24.4 Å². The zero-order valence-electron chi connectivity index (χ0n) is 8.46. The minimum atomic E-state index is 0.761. The Balaban J connectivity index is 1.98. The standard InChI is InChI=1S/C11H18N2/c1-3-4-9-10-6-5-8(2)13-12-7-11(9)10/h5,7,9-11,13H,3-4,6H2,1-2H3/b8-5+,12-7+. The molecule has 0 saturated heterocycles. The van der Waals surface area contributed by atoms with Gasteiger partial charge in [-0.1, -0.05) is 19.4 Å². The van der Waals surface area contributed by atoms with Gasteiger partial charge in [0, 0.05) is 17.8 Å². The Kier molecular flexibility index (Phi) is 2.38. The molecule has 0 aromatic carbocycles. The van der Waals surface area contributed by atoms with E-state index in [0.29, 0.717) is 0 Å². The van der Waals surface area contributed by atoms with Gasteiger partial charge < -0.3 is 0 Å². The number of nitrogens with zero attached hydrogens (tertiary/aromatic N) is 1. The number of allylic oxidation sites excluding steroid dienone is 2. The highest BCUT2D eigenvalue weighted by Gasteiger charge is 2.47. The molecule has 2 aliphatic rings. The Hall–Kier alpha value is -0.790. The van der Waals surface area contributed by atoms with Gasteiger partial charge in [-0.05, 0) is 31.6 Å². The molecule has 3 unspecified atom stereocenters. The number of fused-ring (bicyclic) bond motifs is 1. The molecule has 13 heavy (non-hydrogen) atoms. The van der Waals surface area contributed by atoms with Crippen LogP contribution in [0.3, 0.4) is 0 Å². The number of hydrogen-bond acceptors (Lipinski definition) is 2. The quantitative estimate of drug-likeness (QED) is 0.690. The summed E-state index contributed by atoms with van der Waals surface area (Å²) in [5.41, 5.74) is 4.23. The summed E-state index contributed by atoms with van der Waals surface area (Å²) in [6.07, 6.45) is 8.31. The van der Waals surface area contributed by atoms with Crippen LogP contribution in [0, 0.1) is 17.8 Å². The molecule has 2 heteroatoms. The smallest absolute Gasteiger partial charge is 0.0283 e. The summed E-state index contributed by atoms with van der Waals surface area (Å²) < 4.78 is 0. The lowest BCUT2D eigenvalue weighted by Crippen LogP contribution is -2.04. The molecule has 1 aliphatic carbocycles. The fourth-order valence-electron chi connectivity index (χ4n) is 2.35. The highest BCUT2D eigenvalue weighted by Crippen LogP contribution is 2.50. The van der Waals surface area contributed by atoms with Gasteiger partial charge >= 0.3 is 0 Å². The Morgan fingerprint density at radius 3 is 3.23 bits per heavy atom. The molecule has 0 bridgehead atoms. The van der Waals surface area contributed by atoms with Crippen molar-refractivity contribution in [3.05, 3.63) is 11.8 Å². The molecule has 3 atom stereocenters. The lowest BCUT2D eigenvalue weighted by atomic mass is 10.1. The lowest BCUT2D eigenvalue weighted by molar-refractivity contribution is 0.634. The maximum atomic E-state index is 4.22. The summed E-state index contributed by atoms with van der Waals surface area (Å²) in [6.45, 7) is 4.34. The first kappa shape index (κ1) is 8.79. The first-order chi connectivity index (χ1) is 6.33. The molecule has 0 aromatic heterocycles. The Morgan fingerprint density at radius 1 is 1.62 bits per heavy atom. The van der Waals surface area contributed by atoms with Gasteiger partial charge in [-0.2, -0.15) is 5.10 Å². The predicted octanol–water partition coefficient (Wildman–Crippen LogP) is 2.53. The average molecular weight is 178 g/mol. The minimum Gasteiger partial charge on any atom is -0.284 e. The Labute approximate surface area is 80.1 Å². The zero-order valence-corrected chi connectivity index (χ0v) is 8.46. The highest BCUT2D eigenvalue weighted by atomic mass is 15.3. The number of rotatable bonds is 2. The van der Waals surface area contributed by atoms with Crippen LogP contribution in [0.1, 0.15) is 33.1 Å². The minimum absolute atomic E-state index is 0.761. The molecule has 1 N–H and O–H groups in total. The van der Waals surface area contributed by atoms with Crippen LogP contribution >= 0.6 is 0 Å². The van der Waals surface area contributed by atoms with Crippen molar-refractivity contribution in [1.29, 1.82) is 0 Å². The van der Waals surface area contributed by atoms with Crippen LogP contribution in [0.4, 0.5) is 0 Å². The highest BCUT2D eigenvalue weighted by molar-refractivity contribution is 5.66. The second-order valence-electron chi connectivity index (χ2n) is 4.21. The fraction of sp³-hybridized carbons (Fsp3) is 0.727. The van der Waals surface area contributed by atoms with E-state index in [4.69, 9.17) is 0 Å². The van der Waals surface area contributed by atoms with Crippen molar-refractivity contribution < 1.29 is 0 Å². The summed E-state index contributed by atoms with van der Waals surface area (Å²) in [5, 5.41) is 4.22. The molecule has 1 fully saturated rings. The summed E-state index contributed by atoms with van der Waals surface area (Å²) in [6, 6.07) is 0. The molecule has 0 spiro atoms. The molecule has 0 aromatic rings. The number of hydrazone groups is 1. The molecule has 1 aliphatic heterocycles. The van der Waals surface area contributed by atoms with E-state index in [-0.39, 0.29) is 0 Å². The first-order valence-electron chi connectivity index (χ1n) is 5.29.